The van der Waals surface area contributed by atoms with Gasteiger partial charge in [-0.15, -0.1) is 0 Å². The number of carbonyl (C=O) groups is 1. The van der Waals surface area contributed by atoms with Crippen molar-refractivity contribution in [3.05, 3.63) is 23.8 Å². The highest BCUT2D eigenvalue weighted by Gasteiger charge is 2.23. The Morgan fingerprint density at radius 2 is 2.41 bits per heavy atom. The van der Waals surface area contributed by atoms with Crippen LogP contribution in [0.15, 0.2) is 18.2 Å². The molecule has 0 saturated heterocycles. The molecule has 1 aromatic rings. The molecule has 1 aliphatic rings. The highest BCUT2D eigenvalue weighted by molar-refractivity contribution is 5.69. The van der Waals surface area contributed by atoms with Crippen molar-refractivity contribution in [1.29, 1.82) is 0 Å². The van der Waals surface area contributed by atoms with Crippen molar-refractivity contribution in [2.75, 3.05) is 6.61 Å². The van der Waals surface area contributed by atoms with Gasteiger partial charge in [-0.05, 0) is 31.5 Å². The first-order valence-electron chi connectivity index (χ1n) is 5.83. The van der Waals surface area contributed by atoms with E-state index in [1.165, 1.54) is 0 Å². The third-order valence-electron chi connectivity index (χ3n) is 2.76. The number of benzene rings is 1. The molecule has 0 amide bonds. The molecule has 4 nitrogen and oxygen atoms in total. The largest absolute Gasteiger partial charge is 0.508 e. The summed E-state index contributed by atoms with van der Waals surface area (Å²) >= 11 is 0. The molecule has 1 heterocycles. The maximum absolute atomic E-state index is 11.2. The van der Waals surface area contributed by atoms with E-state index in [0.717, 1.165) is 17.7 Å². The van der Waals surface area contributed by atoms with Crippen LogP contribution in [0.1, 0.15) is 25.3 Å². The Kier molecular flexibility index (Phi) is 3.52. The van der Waals surface area contributed by atoms with Crippen LogP contribution in [0.3, 0.4) is 0 Å². The molecule has 0 bridgehead atoms. The molecule has 1 N–H and O–H groups in total. The molecule has 1 aromatic carbocycles. The SMILES string of the molecule is CCOC(=O)CCC1Cc2cc(O)ccc2O1. The van der Waals surface area contributed by atoms with Crippen molar-refractivity contribution in [3.8, 4) is 11.5 Å². The van der Waals surface area contributed by atoms with Crippen LogP contribution in [-0.2, 0) is 16.0 Å². The molecule has 17 heavy (non-hydrogen) atoms. The lowest BCUT2D eigenvalue weighted by molar-refractivity contribution is -0.143. The van der Waals surface area contributed by atoms with Crippen molar-refractivity contribution in [3.63, 3.8) is 0 Å². The van der Waals surface area contributed by atoms with E-state index < -0.39 is 0 Å². The number of ether oxygens (including phenoxy) is 2. The molecule has 0 saturated carbocycles. The third-order valence-corrected chi connectivity index (χ3v) is 2.76. The molecule has 0 aliphatic carbocycles. The predicted octanol–water partition coefficient (Wildman–Crippen LogP) is 2.04. The van der Waals surface area contributed by atoms with Gasteiger partial charge in [-0.1, -0.05) is 0 Å². The normalized spacial score (nSPS) is 17.4. The molecular formula is C13H16O4. The average molecular weight is 236 g/mol. The molecule has 92 valence electrons. The first kappa shape index (κ1) is 11.8. The van der Waals surface area contributed by atoms with E-state index >= 15 is 0 Å². The summed E-state index contributed by atoms with van der Waals surface area (Å²) in [4.78, 5) is 11.2. The van der Waals surface area contributed by atoms with Gasteiger partial charge in [0.1, 0.15) is 17.6 Å². The Morgan fingerprint density at radius 1 is 1.59 bits per heavy atom. The highest BCUT2D eigenvalue weighted by Crippen LogP contribution is 2.32. The van der Waals surface area contributed by atoms with E-state index in [4.69, 9.17) is 9.47 Å². The fourth-order valence-corrected chi connectivity index (χ4v) is 1.98. The van der Waals surface area contributed by atoms with Gasteiger partial charge in [0.2, 0.25) is 0 Å². The van der Waals surface area contributed by atoms with Crippen molar-refractivity contribution in [1.82, 2.24) is 0 Å². The summed E-state index contributed by atoms with van der Waals surface area (Å²) in [6.45, 7) is 2.21. The van der Waals surface area contributed by atoms with Gasteiger partial charge in [-0.3, -0.25) is 4.79 Å². The van der Waals surface area contributed by atoms with E-state index in [2.05, 4.69) is 0 Å². The number of aromatic hydroxyl groups is 1. The van der Waals surface area contributed by atoms with Gasteiger partial charge >= 0.3 is 5.97 Å². The van der Waals surface area contributed by atoms with Gasteiger partial charge in [0, 0.05) is 18.4 Å². The first-order valence-corrected chi connectivity index (χ1v) is 5.83. The second-order valence-corrected chi connectivity index (χ2v) is 4.08. The zero-order valence-corrected chi connectivity index (χ0v) is 9.81. The van der Waals surface area contributed by atoms with Crippen LogP contribution in [0, 0.1) is 0 Å². The lowest BCUT2D eigenvalue weighted by Gasteiger charge is -2.09. The van der Waals surface area contributed by atoms with E-state index in [1.54, 1.807) is 25.1 Å². The summed E-state index contributed by atoms with van der Waals surface area (Å²) in [6, 6.07) is 5.07. The molecular weight excluding hydrogens is 220 g/mol. The van der Waals surface area contributed by atoms with Crippen molar-refractivity contribution >= 4 is 5.97 Å². The van der Waals surface area contributed by atoms with E-state index in [0.29, 0.717) is 19.4 Å². The van der Waals surface area contributed by atoms with Crippen molar-refractivity contribution in [2.45, 2.75) is 32.3 Å². The molecule has 0 fully saturated rings. The summed E-state index contributed by atoms with van der Waals surface area (Å²) in [6.07, 6.45) is 1.77. The molecule has 0 radical (unpaired) electrons. The van der Waals surface area contributed by atoms with Gasteiger partial charge in [0.15, 0.2) is 0 Å². The average Bonchev–Trinajstić information content (AvgIpc) is 2.68. The molecule has 4 heteroatoms. The van der Waals surface area contributed by atoms with E-state index in [9.17, 15) is 9.90 Å². The number of rotatable bonds is 4. The lowest BCUT2D eigenvalue weighted by Crippen LogP contribution is -2.15. The third kappa shape index (κ3) is 2.90. The molecule has 2 rings (SSSR count). The van der Waals surface area contributed by atoms with Gasteiger partial charge in [0.05, 0.1) is 6.61 Å². The Bertz CT molecular complexity index is 414. The van der Waals surface area contributed by atoms with Crippen LogP contribution in [0.2, 0.25) is 0 Å². The number of phenols is 1. The number of esters is 1. The smallest absolute Gasteiger partial charge is 0.305 e. The molecule has 0 spiro atoms. The van der Waals surface area contributed by atoms with Crippen LogP contribution in [0.5, 0.6) is 11.5 Å². The highest BCUT2D eigenvalue weighted by atomic mass is 16.5. The number of phenolic OH excluding ortho intramolecular Hbond substituents is 1. The zero-order valence-electron chi connectivity index (χ0n) is 9.81. The Morgan fingerprint density at radius 3 is 3.18 bits per heavy atom. The van der Waals surface area contributed by atoms with Gasteiger partial charge < -0.3 is 14.6 Å². The van der Waals surface area contributed by atoms with Gasteiger partial charge in [0.25, 0.3) is 0 Å². The Labute approximate surface area is 100 Å². The number of fused-ring (bicyclic) bond motifs is 1. The quantitative estimate of drug-likeness (QED) is 0.813. The fraction of sp³-hybridized carbons (Fsp3) is 0.462. The van der Waals surface area contributed by atoms with Gasteiger partial charge in [-0.2, -0.15) is 0 Å². The lowest BCUT2D eigenvalue weighted by atomic mass is 10.1. The maximum Gasteiger partial charge on any atom is 0.305 e. The first-order chi connectivity index (χ1) is 8.19. The summed E-state index contributed by atoms with van der Waals surface area (Å²) in [7, 11) is 0. The van der Waals surface area contributed by atoms with E-state index in [1.807, 2.05) is 0 Å². The second-order valence-electron chi connectivity index (χ2n) is 4.08. The van der Waals surface area contributed by atoms with E-state index in [-0.39, 0.29) is 17.8 Å². The van der Waals surface area contributed by atoms with Crippen molar-refractivity contribution in [2.24, 2.45) is 0 Å². The van der Waals surface area contributed by atoms with Gasteiger partial charge in [-0.25, -0.2) is 0 Å². The molecule has 0 aromatic heterocycles. The minimum absolute atomic E-state index is 0.0104. The standard InChI is InChI=1S/C13H16O4/c1-2-16-13(15)6-4-11-8-9-7-10(14)3-5-12(9)17-11/h3,5,7,11,14H,2,4,6,8H2,1H3. The van der Waals surface area contributed by atoms with Crippen LogP contribution < -0.4 is 4.74 Å². The van der Waals surface area contributed by atoms with Crippen LogP contribution in [-0.4, -0.2) is 23.8 Å². The summed E-state index contributed by atoms with van der Waals surface area (Å²) < 4.78 is 10.5. The number of hydrogen-bond acceptors (Lipinski definition) is 4. The molecule has 1 aliphatic heterocycles. The minimum Gasteiger partial charge on any atom is -0.508 e. The van der Waals surface area contributed by atoms with Crippen LogP contribution in [0.25, 0.3) is 0 Å². The zero-order chi connectivity index (χ0) is 12.3. The topological polar surface area (TPSA) is 55.8 Å². The molecule has 1 atom stereocenters. The summed E-state index contributed by atoms with van der Waals surface area (Å²) in [5.41, 5.74) is 0.999. The summed E-state index contributed by atoms with van der Waals surface area (Å²) in [5, 5.41) is 9.34. The van der Waals surface area contributed by atoms with Crippen molar-refractivity contribution < 1.29 is 19.4 Å². The maximum atomic E-state index is 11.2. The molecule has 1 unspecified atom stereocenters. The predicted molar refractivity (Wildman–Crippen MR) is 62.1 cm³/mol. The minimum atomic E-state index is -0.185. The summed E-state index contributed by atoms with van der Waals surface area (Å²) in [5.74, 6) is 0.866. The fourth-order valence-electron chi connectivity index (χ4n) is 1.98. The Hall–Kier alpha value is -1.71. The van der Waals surface area contributed by atoms with Crippen LogP contribution in [0.4, 0.5) is 0 Å². The van der Waals surface area contributed by atoms with Crippen LogP contribution >= 0.6 is 0 Å². The number of carbonyl (C=O) groups excluding carboxylic acids is 1. The monoisotopic (exact) mass is 236 g/mol. The Balaban J connectivity index is 1.86. The number of hydrogen-bond donors (Lipinski definition) is 1. The second kappa shape index (κ2) is 5.08.